The highest BCUT2D eigenvalue weighted by atomic mass is 32.1. The van der Waals surface area contributed by atoms with Crippen molar-refractivity contribution in [3.05, 3.63) is 48.2 Å². The fraction of sp³-hybridized carbons (Fsp3) is 0.143. The molecule has 1 aromatic heterocycles. The minimum atomic E-state index is 0.279. The number of nitrogens with one attached hydrogen (secondary N) is 1. The molecule has 2 aromatic rings. The molecule has 98 valence electrons. The Balaban J connectivity index is 2.26. The van der Waals surface area contributed by atoms with E-state index in [4.69, 9.17) is 22.7 Å². The second-order valence-electron chi connectivity index (χ2n) is 3.83. The lowest BCUT2D eigenvalue weighted by Gasteiger charge is -2.12. The van der Waals surface area contributed by atoms with Gasteiger partial charge in [0, 0.05) is 0 Å². The van der Waals surface area contributed by atoms with E-state index in [2.05, 4.69) is 10.3 Å². The number of para-hydroxylation sites is 2. The van der Waals surface area contributed by atoms with Gasteiger partial charge in [-0.25, -0.2) is 4.98 Å². The third kappa shape index (κ3) is 3.42. The van der Waals surface area contributed by atoms with Crippen LogP contribution in [0.15, 0.2) is 42.5 Å². The second-order valence-corrected chi connectivity index (χ2v) is 4.27. The maximum atomic E-state index is 5.57. The number of nitrogens with zero attached hydrogens (tertiary/aromatic N) is 1. The van der Waals surface area contributed by atoms with Crippen LogP contribution in [0, 0.1) is 0 Å². The monoisotopic (exact) mass is 273 g/mol. The van der Waals surface area contributed by atoms with Gasteiger partial charge in [0.05, 0.1) is 18.0 Å². The van der Waals surface area contributed by atoms with Gasteiger partial charge in [0.1, 0.15) is 16.6 Å². The first-order chi connectivity index (χ1) is 9.20. The van der Waals surface area contributed by atoms with Crippen molar-refractivity contribution < 1.29 is 4.74 Å². The quantitative estimate of drug-likeness (QED) is 0.820. The first-order valence-electron chi connectivity index (χ1n) is 5.96. The molecule has 0 fully saturated rings. The molecule has 4 nitrogen and oxygen atoms in total. The van der Waals surface area contributed by atoms with Gasteiger partial charge in [0.25, 0.3) is 0 Å². The lowest BCUT2D eigenvalue weighted by Crippen LogP contribution is -2.12. The topological polar surface area (TPSA) is 60.2 Å². The Bertz CT molecular complexity index is 586. The van der Waals surface area contributed by atoms with Crippen molar-refractivity contribution in [2.24, 2.45) is 5.73 Å². The summed E-state index contributed by atoms with van der Waals surface area (Å²) in [6.45, 7) is 2.56. The largest absolute Gasteiger partial charge is 0.492 e. The maximum absolute atomic E-state index is 5.57. The van der Waals surface area contributed by atoms with E-state index in [0.29, 0.717) is 18.1 Å². The van der Waals surface area contributed by atoms with Crippen LogP contribution in [-0.4, -0.2) is 16.6 Å². The molecule has 0 bridgehead atoms. The van der Waals surface area contributed by atoms with Gasteiger partial charge in [-0.2, -0.15) is 0 Å². The molecule has 0 aliphatic rings. The average Bonchev–Trinajstić information content (AvgIpc) is 2.41. The van der Waals surface area contributed by atoms with Gasteiger partial charge in [-0.1, -0.05) is 30.4 Å². The zero-order valence-corrected chi connectivity index (χ0v) is 11.4. The number of nitrogens with two attached hydrogens (primary N) is 1. The molecular formula is C14H15N3OS. The molecule has 0 aliphatic heterocycles. The number of aromatic nitrogens is 1. The molecule has 3 N–H and O–H groups in total. The molecule has 0 unspecified atom stereocenters. The minimum Gasteiger partial charge on any atom is -0.492 e. The first-order valence-corrected chi connectivity index (χ1v) is 6.37. The van der Waals surface area contributed by atoms with Crippen LogP contribution in [0.4, 0.5) is 11.5 Å². The fourth-order valence-corrected chi connectivity index (χ4v) is 1.74. The van der Waals surface area contributed by atoms with E-state index >= 15 is 0 Å². The fourth-order valence-electron chi connectivity index (χ4n) is 1.63. The number of thiocarbonyl (C=S) groups is 1. The van der Waals surface area contributed by atoms with E-state index < -0.39 is 0 Å². The zero-order chi connectivity index (χ0) is 13.7. The number of ether oxygens (including phenoxy) is 1. The Morgan fingerprint density at radius 1 is 1.26 bits per heavy atom. The van der Waals surface area contributed by atoms with Crippen LogP contribution in [0.5, 0.6) is 5.75 Å². The normalized spacial score (nSPS) is 9.95. The van der Waals surface area contributed by atoms with Crippen molar-refractivity contribution in [2.45, 2.75) is 6.92 Å². The molecule has 0 amide bonds. The average molecular weight is 273 g/mol. The van der Waals surface area contributed by atoms with E-state index in [-0.39, 0.29) is 4.99 Å². The number of benzene rings is 1. The van der Waals surface area contributed by atoms with Crippen LogP contribution in [0.1, 0.15) is 12.6 Å². The van der Waals surface area contributed by atoms with Crippen molar-refractivity contribution in [1.29, 1.82) is 0 Å². The molecule has 1 aromatic carbocycles. The van der Waals surface area contributed by atoms with Gasteiger partial charge >= 0.3 is 0 Å². The molecule has 1 heterocycles. The molecule has 0 atom stereocenters. The van der Waals surface area contributed by atoms with Crippen LogP contribution in [0.25, 0.3) is 0 Å². The summed E-state index contributed by atoms with van der Waals surface area (Å²) >= 11 is 4.92. The molecule has 19 heavy (non-hydrogen) atoms. The predicted octanol–water partition coefficient (Wildman–Crippen LogP) is 2.86. The maximum Gasteiger partial charge on any atom is 0.142 e. The molecule has 0 radical (unpaired) electrons. The SMILES string of the molecule is CCOc1ccccc1Nc1cccc(C(N)=S)n1. The van der Waals surface area contributed by atoms with Crippen molar-refractivity contribution in [3.63, 3.8) is 0 Å². The highest BCUT2D eigenvalue weighted by molar-refractivity contribution is 7.80. The summed E-state index contributed by atoms with van der Waals surface area (Å²) in [6, 6.07) is 13.2. The van der Waals surface area contributed by atoms with Gasteiger partial charge in [-0.3, -0.25) is 0 Å². The molecule has 0 saturated carbocycles. The number of pyridine rings is 1. The van der Waals surface area contributed by atoms with Crippen LogP contribution < -0.4 is 15.8 Å². The highest BCUT2D eigenvalue weighted by Gasteiger charge is 2.05. The molecule has 0 aliphatic carbocycles. The summed E-state index contributed by atoms with van der Waals surface area (Å²) in [4.78, 5) is 4.62. The Morgan fingerprint density at radius 3 is 2.79 bits per heavy atom. The van der Waals surface area contributed by atoms with Crippen LogP contribution in [-0.2, 0) is 0 Å². The first kappa shape index (κ1) is 13.3. The zero-order valence-electron chi connectivity index (χ0n) is 10.6. The van der Waals surface area contributed by atoms with Gasteiger partial charge in [0.15, 0.2) is 0 Å². The summed E-state index contributed by atoms with van der Waals surface area (Å²) in [7, 11) is 0. The number of anilines is 2. The van der Waals surface area contributed by atoms with E-state index in [0.717, 1.165) is 11.4 Å². The van der Waals surface area contributed by atoms with Crippen molar-refractivity contribution >= 4 is 28.7 Å². The van der Waals surface area contributed by atoms with Crippen molar-refractivity contribution in [1.82, 2.24) is 4.98 Å². The summed E-state index contributed by atoms with van der Waals surface area (Å²) in [5, 5.41) is 3.20. The summed E-state index contributed by atoms with van der Waals surface area (Å²) in [5.74, 6) is 1.46. The Kier molecular flexibility index (Phi) is 4.30. The number of hydrogen-bond donors (Lipinski definition) is 2. The minimum absolute atomic E-state index is 0.279. The van der Waals surface area contributed by atoms with Gasteiger partial charge in [-0.05, 0) is 31.2 Å². The van der Waals surface area contributed by atoms with E-state index in [1.807, 2.05) is 43.3 Å². The Morgan fingerprint density at radius 2 is 2.05 bits per heavy atom. The highest BCUT2D eigenvalue weighted by Crippen LogP contribution is 2.26. The van der Waals surface area contributed by atoms with Gasteiger partial charge in [-0.15, -0.1) is 0 Å². The van der Waals surface area contributed by atoms with Gasteiger partial charge in [0.2, 0.25) is 0 Å². The van der Waals surface area contributed by atoms with Crippen molar-refractivity contribution in [3.8, 4) is 5.75 Å². The lowest BCUT2D eigenvalue weighted by atomic mass is 10.3. The van der Waals surface area contributed by atoms with Gasteiger partial charge < -0.3 is 15.8 Å². The third-order valence-electron chi connectivity index (χ3n) is 2.45. The standard InChI is InChI=1S/C14H15N3OS/c1-2-18-12-8-4-3-6-10(12)16-13-9-5-7-11(17-13)14(15)19/h3-9H,2H2,1H3,(H2,15,19)(H,16,17). The molecule has 0 saturated heterocycles. The Labute approximate surface area is 117 Å². The summed E-state index contributed by atoms with van der Waals surface area (Å²) < 4.78 is 5.55. The van der Waals surface area contributed by atoms with E-state index in [1.165, 1.54) is 0 Å². The Hall–Kier alpha value is -2.14. The number of hydrogen-bond acceptors (Lipinski definition) is 4. The van der Waals surface area contributed by atoms with Crippen LogP contribution >= 0.6 is 12.2 Å². The molecule has 5 heteroatoms. The predicted molar refractivity (Wildman–Crippen MR) is 81.0 cm³/mol. The van der Waals surface area contributed by atoms with Crippen LogP contribution in [0.2, 0.25) is 0 Å². The van der Waals surface area contributed by atoms with Crippen molar-refractivity contribution in [2.75, 3.05) is 11.9 Å². The third-order valence-corrected chi connectivity index (χ3v) is 2.66. The number of rotatable bonds is 5. The van der Waals surface area contributed by atoms with Crippen LogP contribution in [0.3, 0.4) is 0 Å². The van der Waals surface area contributed by atoms with E-state index in [1.54, 1.807) is 6.07 Å². The lowest BCUT2D eigenvalue weighted by molar-refractivity contribution is 0.342. The second kappa shape index (κ2) is 6.15. The molecular weight excluding hydrogens is 258 g/mol. The molecule has 0 spiro atoms. The smallest absolute Gasteiger partial charge is 0.142 e. The molecule has 2 rings (SSSR count). The summed E-state index contributed by atoms with van der Waals surface area (Å²) in [5.41, 5.74) is 7.02. The van der Waals surface area contributed by atoms with E-state index in [9.17, 15) is 0 Å². The summed E-state index contributed by atoms with van der Waals surface area (Å²) in [6.07, 6.45) is 0.